The van der Waals surface area contributed by atoms with Crippen LogP contribution in [-0.4, -0.2) is 5.75 Å². The number of nitrogens with zero attached hydrogens (tertiary/aromatic N) is 2. The number of rotatable bonds is 3. The summed E-state index contributed by atoms with van der Waals surface area (Å²) in [5.41, 5.74) is 1.05. The van der Waals surface area contributed by atoms with Gasteiger partial charge in [0.25, 0.3) is 0 Å². The maximum atomic E-state index is 8.15. The highest BCUT2D eigenvalue weighted by molar-refractivity contribution is 8.06. The van der Waals surface area contributed by atoms with E-state index in [2.05, 4.69) is 0 Å². The summed E-state index contributed by atoms with van der Waals surface area (Å²) in [4.78, 5) is 0. The maximum absolute atomic E-state index is 8.15. The smallest absolute Gasteiger partial charge is 0.137 e. The van der Waals surface area contributed by atoms with Gasteiger partial charge in [-0.25, -0.2) is 0 Å². The molecule has 0 aromatic heterocycles. The van der Waals surface area contributed by atoms with E-state index in [-0.39, 0.29) is 0 Å². The average Bonchev–Trinajstić information content (AvgIpc) is 1.97. The van der Waals surface area contributed by atoms with E-state index in [1.807, 2.05) is 17.7 Å². The van der Waals surface area contributed by atoms with Crippen molar-refractivity contribution in [3.05, 3.63) is 11.0 Å². The summed E-state index contributed by atoms with van der Waals surface area (Å²) in [6.07, 6.45) is 0. The molecule has 0 saturated heterocycles. The summed E-state index contributed by atoms with van der Waals surface area (Å²) < 4.78 is 0. The predicted octanol–water partition coefficient (Wildman–Crippen LogP) is 2.32. The molecule has 0 aromatic carbocycles. The molecule has 2 nitrogen and oxygen atoms in total. The lowest BCUT2D eigenvalue weighted by Gasteiger charge is -1.90. The lowest BCUT2D eigenvalue weighted by molar-refractivity contribution is 1.43. The molecule has 0 aliphatic carbocycles. The Morgan fingerprint density at radius 2 is 2.20 bits per heavy atom. The third-order valence-electron chi connectivity index (χ3n) is 0.677. The number of nitriles is 2. The molecule has 0 radical (unpaired) electrons. The zero-order valence-electron chi connectivity index (χ0n) is 5.50. The van der Waals surface area contributed by atoms with Gasteiger partial charge >= 0.3 is 0 Å². The van der Waals surface area contributed by atoms with Gasteiger partial charge in [-0.05, 0) is 35.9 Å². The van der Waals surface area contributed by atoms with Gasteiger partial charge in [-0.15, -0.1) is 0 Å². The fraction of sp³-hybridized carbons (Fsp3) is 0.333. The quantitative estimate of drug-likeness (QED) is 0.610. The Bertz CT molecular complexity index is 197. The van der Waals surface area contributed by atoms with E-state index < -0.39 is 0 Å². The van der Waals surface area contributed by atoms with Gasteiger partial charge in [0.1, 0.15) is 10.8 Å². The molecule has 0 aliphatic rings. The van der Waals surface area contributed by atoms with Gasteiger partial charge < -0.3 is 0 Å². The second-order valence-electron chi connectivity index (χ2n) is 1.55. The Morgan fingerprint density at radius 1 is 1.50 bits per heavy atom. The molecule has 10 heavy (non-hydrogen) atoms. The Hall–Kier alpha value is -0.580. The van der Waals surface area contributed by atoms with Gasteiger partial charge in [0, 0.05) is 5.75 Å². The fourth-order valence-corrected chi connectivity index (χ4v) is 1.13. The molecule has 0 bridgehead atoms. The van der Waals surface area contributed by atoms with Crippen LogP contribution in [0.4, 0.5) is 0 Å². The van der Waals surface area contributed by atoms with Crippen molar-refractivity contribution in [3.8, 4) is 10.8 Å². The molecule has 0 N–H and O–H groups in total. The minimum atomic E-state index is 0.686. The summed E-state index contributed by atoms with van der Waals surface area (Å²) in [6.45, 7) is 1.90. The average molecular weight is 170 g/mol. The minimum Gasteiger partial charge on any atom is -0.185 e. The van der Waals surface area contributed by atoms with E-state index in [0.717, 1.165) is 17.3 Å². The molecule has 0 heterocycles. The number of thiocyanates is 2. The first-order chi connectivity index (χ1) is 4.81. The first kappa shape index (κ1) is 9.42. The molecule has 0 unspecified atom stereocenters. The first-order valence-corrected chi connectivity index (χ1v) is 4.39. The van der Waals surface area contributed by atoms with Crippen LogP contribution in [0.15, 0.2) is 11.0 Å². The van der Waals surface area contributed by atoms with E-state index in [1.165, 1.54) is 11.8 Å². The van der Waals surface area contributed by atoms with Crippen molar-refractivity contribution in [2.24, 2.45) is 0 Å². The summed E-state index contributed by atoms with van der Waals surface area (Å²) in [6, 6.07) is 0. The van der Waals surface area contributed by atoms with E-state index in [9.17, 15) is 0 Å². The summed E-state index contributed by atoms with van der Waals surface area (Å²) in [5, 5.41) is 21.9. The van der Waals surface area contributed by atoms with Crippen LogP contribution in [0, 0.1) is 21.3 Å². The van der Waals surface area contributed by atoms with Crippen molar-refractivity contribution in [1.82, 2.24) is 0 Å². The number of hydrogen-bond donors (Lipinski definition) is 0. The third kappa shape index (κ3) is 5.55. The van der Waals surface area contributed by atoms with E-state index in [4.69, 9.17) is 10.5 Å². The van der Waals surface area contributed by atoms with Crippen LogP contribution in [0.1, 0.15) is 6.92 Å². The highest BCUT2D eigenvalue weighted by Crippen LogP contribution is 2.09. The van der Waals surface area contributed by atoms with Crippen molar-refractivity contribution in [1.29, 1.82) is 10.5 Å². The Kier molecular flexibility index (Phi) is 6.16. The first-order valence-electron chi connectivity index (χ1n) is 2.52. The molecule has 0 saturated carbocycles. The lowest BCUT2D eigenvalue weighted by Crippen LogP contribution is -1.76. The Balaban J connectivity index is 3.54. The Morgan fingerprint density at radius 3 is 2.70 bits per heavy atom. The monoisotopic (exact) mass is 170 g/mol. The van der Waals surface area contributed by atoms with Crippen molar-refractivity contribution in [3.63, 3.8) is 0 Å². The van der Waals surface area contributed by atoms with Crippen LogP contribution in [0.5, 0.6) is 0 Å². The molecule has 0 fully saturated rings. The largest absolute Gasteiger partial charge is 0.185 e. The Labute approximate surface area is 68.9 Å². The van der Waals surface area contributed by atoms with E-state index in [0.29, 0.717) is 5.75 Å². The lowest BCUT2D eigenvalue weighted by atomic mass is 10.4. The van der Waals surface area contributed by atoms with Gasteiger partial charge in [-0.3, -0.25) is 0 Å². The van der Waals surface area contributed by atoms with Crippen LogP contribution in [0.3, 0.4) is 0 Å². The van der Waals surface area contributed by atoms with Gasteiger partial charge in [0.2, 0.25) is 0 Å². The molecular weight excluding hydrogens is 164 g/mol. The molecule has 52 valence electrons. The standard InChI is InChI=1S/C6H6N2S2/c1-6(2-9-4-7)3-10-5-8/h2H,3H2,1H3/b6-2+. The summed E-state index contributed by atoms with van der Waals surface area (Å²) >= 11 is 2.27. The maximum Gasteiger partial charge on any atom is 0.137 e. The molecule has 0 aliphatic heterocycles. The van der Waals surface area contributed by atoms with Crippen LogP contribution in [0.2, 0.25) is 0 Å². The van der Waals surface area contributed by atoms with Gasteiger partial charge in [-0.1, -0.05) is 5.57 Å². The molecule has 0 aromatic rings. The summed E-state index contributed by atoms with van der Waals surface area (Å²) in [5.74, 6) is 0.686. The zero-order valence-corrected chi connectivity index (χ0v) is 7.13. The molecular formula is C6H6N2S2. The molecule has 0 rings (SSSR count). The normalized spacial score (nSPS) is 10.1. The van der Waals surface area contributed by atoms with Gasteiger partial charge in [0.15, 0.2) is 0 Å². The minimum absolute atomic E-state index is 0.686. The molecule has 0 amide bonds. The topological polar surface area (TPSA) is 47.6 Å². The van der Waals surface area contributed by atoms with Crippen LogP contribution in [0.25, 0.3) is 0 Å². The second-order valence-corrected chi connectivity index (χ2v) is 2.97. The molecule has 0 spiro atoms. The van der Waals surface area contributed by atoms with Crippen molar-refractivity contribution < 1.29 is 0 Å². The van der Waals surface area contributed by atoms with E-state index >= 15 is 0 Å². The predicted molar refractivity (Wildman–Crippen MR) is 45.0 cm³/mol. The highest BCUT2D eigenvalue weighted by atomic mass is 32.2. The van der Waals surface area contributed by atoms with E-state index in [1.54, 1.807) is 5.41 Å². The van der Waals surface area contributed by atoms with Crippen molar-refractivity contribution >= 4 is 23.5 Å². The second kappa shape index (κ2) is 6.54. The zero-order chi connectivity index (χ0) is 7.82. The summed E-state index contributed by atoms with van der Waals surface area (Å²) in [7, 11) is 0. The van der Waals surface area contributed by atoms with Gasteiger partial charge in [-0.2, -0.15) is 10.5 Å². The highest BCUT2D eigenvalue weighted by Gasteiger charge is 1.88. The molecule has 0 atom stereocenters. The third-order valence-corrected chi connectivity index (χ3v) is 2.03. The van der Waals surface area contributed by atoms with Gasteiger partial charge in [0.05, 0.1) is 0 Å². The number of hydrogen-bond acceptors (Lipinski definition) is 4. The fourth-order valence-electron chi connectivity index (χ4n) is 0.307. The van der Waals surface area contributed by atoms with Crippen molar-refractivity contribution in [2.75, 3.05) is 5.75 Å². The van der Waals surface area contributed by atoms with Crippen LogP contribution in [-0.2, 0) is 0 Å². The van der Waals surface area contributed by atoms with Crippen molar-refractivity contribution in [2.45, 2.75) is 6.92 Å². The SMILES string of the molecule is C/C(=C\SC#N)CSC#N. The molecule has 4 heteroatoms. The number of thioether (sulfide) groups is 2. The van der Waals surface area contributed by atoms with Crippen LogP contribution < -0.4 is 0 Å². The van der Waals surface area contributed by atoms with Crippen LogP contribution >= 0.6 is 23.5 Å².